The van der Waals surface area contributed by atoms with Crippen molar-refractivity contribution in [3.8, 4) is 0 Å². The van der Waals surface area contributed by atoms with Gasteiger partial charge in [-0.3, -0.25) is 0 Å². The predicted molar refractivity (Wildman–Crippen MR) is 34.0 cm³/mol. The third-order valence-corrected chi connectivity index (χ3v) is 2.07. The zero-order chi connectivity index (χ0) is 7.99. The summed E-state index contributed by atoms with van der Waals surface area (Å²) in [6.07, 6.45) is 0.496. The molecule has 60 valence electrons. The second-order valence-corrected chi connectivity index (χ2v) is 3.31. The van der Waals surface area contributed by atoms with Gasteiger partial charge in [0.25, 0.3) is 5.92 Å². The zero-order valence-electron chi connectivity index (χ0n) is 6.19. The van der Waals surface area contributed by atoms with Gasteiger partial charge in [-0.25, -0.2) is 8.78 Å². The summed E-state index contributed by atoms with van der Waals surface area (Å²) in [5, 5.41) is 9.08. The van der Waals surface area contributed by atoms with Crippen molar-refractivity contribution >= 4 is 0 Å². The molecule has 0 aliphatic heterocycles. The van der Waals surface area contributed by atoms with E-state index in [0.29, 0.717) is 0 Å². The molecule has 1 aliphatic rings. The van der Waals surface area contributed by atoms with Gasteiger partial charge in [0.05, 0.1) is 0 Å². The van der Waals surface area contributed by atoms with Gasteiger partial charge in [-0.15, -0.1) is 0 Å². The van der Waals surface area contributed by atoms with E-state index in [1.807, 2.05) is 0 Å². The highest BCUT2D eigenvalue weighted by atomic mass is 19.3. The average Bonchev–Trinajstić information content (AvgIpc) is 2.48. The fourth-order valence-electron chi connectivity index (χ4n) is 0.989. The van der Waals surface area contributed by atoms with Crippen LogP contribution >= 0.6 is 0 Å². The summed E-state index contributed by atoms with van der Waals surface area (Å²) in [5.41, 5.74) is -1.67. The van der Waals surface area contributed by atoms with Gasteiger partial charge in [-0.1, -0.05) is 13.8 Å². The topological polar surface area (TPSA) is 20.2 Å². The Morgan fingerprint density at radius 2 is 1.80 bits per heavy atom. The highest BCUT2D eigenvalue weighted by molar-refractivity contribution is 5.05. The van der Waals surface area contributed by atoms with Crippen LogP contribution in [0.3, 0.4) is 0 Å². The van der Waals surface area contributed by atoms with Crippen molar-refractivity contribution in [1.29, 1.82) is 0 Å². The quantitative estimate of drug-likeness (QED) is 0.636. The first-order valence-corrected chi connectivity index (χ1v) is 3.50. The summed E-state index contributed by atoms with van der Waals surface area (Å²) >= 11 is 0. The molecule has 0 aromatic heterocycles. The van der Waals surface area contributed by atoms with E-state index in [1.54, 1.807) is 0 Å². The molecule has 0 heterocycles. The Hall–Kier alpha value is -0.180. The van der Waals surface area contributed by atoms with E-state index >= 15 is 0 Å². The van der Waals surface area contributed by atoms with E-state index in [0.717, 1.165) is 0 Å². The van der Waals surface area contributed by atoms with Crippen molar-refractivity contribution < 1.29 is 13.9 Å². The van der Waals surface area contributed by atoms with Crippen LogP contribution in [0.1, 0.15) is 26.7 Å². The largest absolute Gasteiger partial charge is 0.384 e. The Balaban J connectivity index is 2.67. The van der Waals surface area contributed by atoms with Gasteiger partial charge < -0.3 is 5.11 Å². The van der Waals surface area contributed by atoms with Crippen LogP contribution in [0.25, 0.3) is 0 Å². The molecule has 0 amide bonds. The molecule has 1 fully saturated rings. The van der Waals surface area contributed by atoms with Gasteiger partial charge in [0.15, 0.2) is 0 Å². The molecular weight excluding hydrogens is 138 g/mol. The Morgan fingerprint density at radius 3 is 1.90 bits per heavy atom. The van der Waals surface area contributed by atoms with Crippen molar-refractivity contribution in [2.45, 2.75) is 38.2 Å². The Labute approximate surface area is 59.0 Å². The Kier molecular flexibility index (Phi) is 1.51. The summed E-state index contributed by atoms with van der Waals surface area (Å²) in [7, 11) is 0. The summed E-state index contributed by atoms with van der Waals surface area (Å²) in [4.78, 5) is 0. The van der Waals surface area contributed by atoms with Crippen LogP contribution in [-0.2, 0) is 0 Å². The maximum absolute atomic E-state index is 12.9. The van der Waals surface area contributed by atoms with Crippen molar-refractivity contribution in [2.24, 2.45) is 5.92 Å². The van der Waals surface area contributed by atoms with Gasteiger partial charge >= 0.3 is 0 Å². The van der Waals surface area contributed by atoms with Crippen LogP contribution in [-0.4, -0.2) is 16.6 Å². The number of rotatable bonds is 2. The van der Waals surface area contributed by atoms with Crippen LogP contribution in [0.5, 0.6) is 0 Å². The average molecular weight is 150 g/mol. The number of alkyl halides is 2. The van der Waals surface area contributed by atoms with Gasteiger partial charge in [-0.05, 0) is 12.8 Å². The predicted octanol–water partition coefficient (Wildman–Crippen LogP) is 1.80. The molecule has 1 N–H and O–H groups in total. The number of halogens is 2. The molecular formula is C7H12F2O. The first-order chi connectivity index (χ1) is 4.40. The molecule has 3 heteroatoms. The lowest BCUT2D eigenvalue weighted by Gasteiger charge is -2.25. The molecule has 1 rings (SSSR count). The fraction of sp³-hybridized carbons (Fsp3) is 1.00. The van der Waals surface area contributed by atoms with E-state index in [-0.39, 0.29) is 12.8 Å². The Morgan fingerprint density at radius 1 is 1.40 bits per heavy atom. The highest BCUT2D eigenvalue weighted by Crippen LogP contribution is 2.51. The van der Waals surface area contributed by atoms with Crippen molar-refractivity contribution in [3.63, 3.8) is 0 Å². The third kappa shape index (κ3) is 0.926. The number of aliphatic hydroxyl groups is 1. The molecule has 0 aromatic rings. The van der Waals surface area contributed by atoms with Crippen LogP contribution in [0.2, 0.25) is 0 Å². The molecule has 0 aromatic carbocycles. The fourth-order valence-corrected chi connectivity index (χ4v) is 0.989. The first kappa shape index (κ1) is 7.92. The molecule has 0 bridgehead atoms. The first-order valence-electron chi connectivity index (χ1n) is 3.50. The molecule has 0 atom stereocenters. The summed E-state index contributed by atoms with van der Waals surface area (Å²) in [6, 6.07) is 0. The standard InChI is InChI=1S/C7H12F2O/c1-5(2)7(8,9)6(10)3-4-6/h5,10H,3-4H2,1-2H3. The van der Waals surface area contributed by atoms with Gasteiger partial charge in [0.2, 0.25) is 0 Å². The Bertz CT molecular complexity index is 139. The molecule has 1 nitrogen and oxygen atoms in total. The van der Waals surface area contributed by atoms with Crippen LogP contribution in [0.4, 0.5) is 8.78 Å². The van der Waals surface area contributed by atoms with Gasteiger partial charge in [0, 0.05) is 5.92 Å². The molecule has 1 saturated carbocycles. The van der Waals surface area contributed by atoms with E-state index in [4.69, 9.17) is 5.11 Å². The molecule has 0 spiro atoms. The summed E-state index contributed by atoms with van der Waals surface area (Å²) < 4.78 is 25.7. The van der Waals surface area contributed by atoms with Crippen LogP contribution < -0.4 is 0 Å². The second kappa shape index (κ2) is 1.91. The second-order valence-electron chi connectivity index (χ2n) is 3.31. The highest BCUT2D eigenvalue weighted by Gasteiger charge is 2.62. The summed E-state index contributed by atoms with van der Waals surface area (Å²) in [5.74, 6) is -3.66. The molecule has 0 unspecified atom stereocenters. The minimum atomic E-state index is -2.90. The lowest BCUT2D eigenvalue weighted by molar-refractivity contribution is -0.154. The smallest absolute Gasteiger partial charge is 0.278 e. The number of hydrogen-bond acceptors (Lipinski definition) is 1. The normalized spacial score (nSPS) is 23.4. The lowest BCUT2D eigenvalue weighted by atomic mass is 9.99. The minimum Gasteiger partial charge on any atom is -0.384 e. The van der Waals surface area contributed by atoms with E-state index < -0.39 is 17.4 Å². The van der Waals surface area contributed by atoms with E-state index in [1.165, 1.54) is 13.8 Å². The van der Waals surface area contributed by atoms with Crippen LogP contribution in [0, 0.1) is 5.92 Å². The zero-order valence-corrected chi connectivity index (χ0v) is 6.19. The molecule has 10 heavy (non-hydrogen) atoms. The van der Waals surface area contributed by atoms with Gasteiger partial charge in [-0.2, -0.15) is 0 Å². The maximum atomic E-state index is 12.9. The number of hydrogen-bond donors (Lipinski definition) is 1. The van der Waals surface area contributed by atoms with E-state index in [2.05, 4.69) is 0 Å². The summed E-state index contributed by atoms with van der Waals surface area (Å²) in [6.45, 7) is 2.85. The molecule has 1 aliphatic carbocycles. The van der Waals surface area contributed by atoms with E-state index in [9.17, 15) is 8.78 Å². The molecule has 0 radical (unpaired) electrons. The SMILES string of the molecule is CC(C)C(F)(F)C1(O)CC1. The molecule has 0 saturated heterocycles. The van der Waals surface area contributed by atoms with Crippen molar-refractivity contribution in [2.75, 3.05) is 0 Å². The lowest BCUT2D eigenvalue weighted by Crippen LogP contribution is -2.40. The third-order valence-electron chi connectivity index (χ3n) is 2.07. The monoisotopic (exact) mass is 150 g/mol. The van der Waals surface area contributed by atoms with Crippen molar-refractivity contribution in [1.82, 2.24) is 0 Å². The van der Waals surface area contributed by atoms with Crippen LogP contribution in [0.15, 0.2) is 0 Å². The van der Waals surface area contributed by atoms with Gasteiger partial charge in [0.1, 0.15) is 5.60 Å². The van der Waals surface area contributed by atoms with Crippen molar-refractivity contribution in [3.05, 3.63) is 0 Å². The minimum absolute atomic E-state index is 0.248. The maximum Gasteiger partial charge on any atom is 0.278 e.